The van der Waals surface area contributed by atoms with Crippen LogP contribution in [0.4, 0.5) is 0 Å². The van der Waals surface area contributed by atoms with Gasteiger partial charge >= 0.3 is 5.97 Å². The van der Waals surface area contributed by atoms with E-state index in [1.54, 1.807) is 0 Å². The third kappa shape index (κ3) is 2.08. The van der Waals surface area contributed by atoms with Gasteiger partial charge in [-0.1, -0.05) is 0 Å². The molecule has 4 saturated carbocycles. The zero-order valence-electron chi connectivity index (χ0n) is 10.1. The third-order valence-electron chi connectivity index (χ3n) is 5.05. The number of hydrogen-bond donors (Lipinski definition) is 3. The number of carbonyl (C=O) groups is 1. The van der Waals surface area contributed by atoms with Crippen LogP contribution in [0.15, 0.2) is 0 Å². The van der Waals surface area contributed by atoms with Crippen LogP contribution in [0.2, 0.25) is 0 Å². The summed E-state index contributed by atoms with van der Waals surface area (Å²) in [5, 5.41) is 22.6. The van der Waals surface area contributed by atoms with Crippen molar-refractivity contribution in [2.75, 3.05) is 6.54 Å². The van der Waals surface area contributed by atoms with Crippen molar-refractivity contribution in [3.05, 3.63) is 0 Å². The topological polar surface area (TPSA) is 69.6 Å². The van der Waals surface area contributed by atoms with E-state index < -0.39 is 11.6 Å². The number of hydrogen-bond acceptors (Lipinski definition) is 3. The fourth-order valence-corrected chi connectivity index (χ4v) is 4.67. The van der Waals surface area contributed by atoms with Gasteiger partial charge in [0.1, 0.15) is 0 Å². The zero-order valence-corrected chi connectivity index (χ0v) is 10.1. The molecule has 96 valence electrons. The molecule has 0 amide bonds. The molecule has 4 rings (SSSR count). The molecule has 3 N–H and O–H groups in total. The van der Waals surface area contributed by atoms with Gasteiger partial charge in [-0.2, -0.15) is 0 Å². The smallest absolute Gasteiger partial charge is 0.317 e. The van der Waals surface area contributed by atoms with Crippen LogP contribution in [0.5, 0.6) is 0 Å². The maximum Gasteiger partial charge on any atom is 0.317 e. The van der Waals surface area contributed by atoms with E-state index in [9.17, 15) is 9.90 Å². The summed E-state index contributed by atoms with van der Waals surface area (Å²) in [7, 11) is 0. The average Bonchev–Trinajstić information content (AvgIpc) is 2.38. The number of fused-ring (bicyclic) bond motifs is 1. The summed E-state index contributed by atoms with van der Waals surface area (Å²) in [6, 6.07) is 0. The zero-order chi connectivity index (χ0) is 12.1. The van der Waals surface area contributed by atoms with Crippen LogP contribution in [0.3, 0.4) is 0 Å². The average molecular weight is 239 g/mol. The SMILES string of the molecule is O=C(O)CNC12CCC3(O)CC(CC(C3)C1)C2. The highest BCUT2D eigenvalue weighted by molar-refractivity contribution is 5.69. The second kappa shape index (κ2) is 3.69. The molecular weight excluding hydrogens is 218 g/mol. The number of carboxylic acid groups (broad SMARTS) is 1. The Hall–Kier alpha value is -0.610. The van der Waals surface area contributed by atoms with Gasteiger partial charge in [-0.25, -0.2) is 0 Å². The molecule has 4 aliphatic carbocycles. The Morgan fingerprint density at radius 1 is 1.18 bits per heavy atom. The van der Waals surface area contributed by atoms with Crippen LogP contribution >= 0.6 is 0 Å². The standard InChI is InChI=1S/C13H21NO3/c15-11(16)8-14-12-1-2-13(17)6-9(4-12)3-10(5-12)7-13/h9-10,14,17H,1-8H2,(H,15,16). The van der Waals surface area contributed by atoms with Crippen molar-refractivity contribution in [3.63, 3.8) is 0 Å². The summed E-state index contributed by atoms with van der Waals surface area (Å²) in [6.45, 7) is 0.0534. The van der Waals surface area contributed by atoms with Gasteiger partial charge < -0.3 is 15.5 Å². The van der Waals surface area contributed by atoms with Gasteiger partial charge in [0.25, 0.3) is 0 Å². The first-order valence-corrected chi connectivity index (χ1v) is 6.68. The molecule has 17 heavy (non-hydrogen) atoms. The highest BCUT2D eigenvalue weighted by Gasteiger charge is 2.52. The third-order valence-corrected chi connectivity index (χ3v) is 5.05. The van der Waals surface area contributed by atoms with E-state index >= 15 is 0 Å². The monoisotopic (exact) mass is 239 g/mol. The first kappa shape index (κ1) is 11.5. The van der Waals surface area contributed by atoms with Crippen molar-refractivity contribution in [1.82, 2.24) is 5.32 Å². The fraction of sp³-hybridized carbons (Fsp3) is 0.923. The van der Waals surface area contributed by atoms with Crippen molar-refractivity contribution in [2.24, 2.45) is 11.8 Å². The van der Waals surface area contributed by atoms with Crippen LogP contribution in [0.25, 0.3) is 0 Å². The molecule has 4 bridgehead atoms. The van der Waals surface area contributed by atoms with E-state index in [2.05, 4.69) is 5.32 Å². The summed E-state index contributed by atoms with van der Waals surface area (Å²) in [5.41, 5.74) is -0.455. The van der Waals surface area contributed by atoms with E-state index in [0.717, 1.165) is 38.5 Å². The van der Waals surface area contributed by atoms with E-state index in [0.29, 0.717) is 11.8 Å². The van der Waals surface area contributed by atoms with Crippen molar-refractivity contribution in [2.45, 2.75) is 56.1 Å². The summed E-state index contributed by atoms with van der Waals surface area (Å²) in [4.78, 5) is 10.7. The minimum atomic E-state index is -0.781. The largest absolute Gasteiger partial charge is 0.480 e. The number of rotatable bonds is 3. The van der Waals surface area contributed by atoms with Crippen LogP contribution in [-0.2, 0) is 4.79 Å². The molecule has 0 aromatic heterocycles. The molecule has 0 heterocycles. The molecule has 0 spiro atoms. The molecule has 4 fully saturated rings. The number of aliphatic hydroxyl groups is 1. The van der Waals surface area contributed by atoms with Crippen molar-refractivity contribution in [3.8, 4) is 0 Å². The summed E-state index contributed by atoms with van der Waals surface area (Å²) >= 11 is 0. The molecular formula is C13H21NO3. The van der Waals surface area contributed by atoms with Gasteiger partial charge in [-0.05, 0) is 56.8 Å². The number of nitrogens with one attached hydrogen (secondary N) is 1. The predicted molar refractivity (Wildman–Crippen MR) is 62.6 cm³/mol. The molecule has 4 nitrogen and oxygen atoms in total. The Balaban J connectivity index is 1.80. The van der Waals surface area contributed by atoms with Gasteiger partial charge in [-0.3, -0.25) is 4.79 Å². The highest BCUT2D eigenvalue weighted by atomic mass is 16.4. The lowest BCUT2D eigenvalue weighted by atomic mass is 9.64. The van der Waals surface area contributed by atoms with Crippen molar-refractivity contribution in [1.29, 1.82) is 0 Å². The van der Waals surface area contributed by atoms with E-state index in [-0.39, 0.29) is 12.1 Å². The molecule has 0 saturated heterocycles. The first-order valence-electron chi connectivity index (χ1n) is 6.68. The predicted octanol–water partition coefficient (Wildman–Crippen LogP) is 1.13. The Kier molecular flexibility index (Phi) is 2.49. The molecule has 0 aromatic carbocycles. The molecule has 2 unspecified atom stereocenters. The Morgan fingerprint density at radius 3 is 2.41 bits per heavy atom. The number of carboxylic acids is 1. The van der Waals surface area contributed by atoms with Gasteiger partial charge in [0.2, 0.25) is 0 Å². The van der Waals surface area contributed by atoms with Gasteiger partial charge in [0.15, 0.2) is 0 Å². The van der Waals surface area contributed by atoms with Crippen molar-refractivity contribution >= 4 is 5.97 Å². The van der Waals surface area contributed by atoms with E-state index in [4.69, 9.17) is 5.11 Å². The van der Waals surface area contributed by atoms with Crippen LogP contribution < -0.4 is 5.32 Å². The molecule has 4 heteroatoms. The highest BCUT2D eigenvalue weighted by Crippen LogP contribution is 2.54. The minimum absolute atomic E-state index is 0.00699. The molecule has 4 aliphatic rings. The van der Waals surface area contributed by atoms with Gasteiger partial charge in [0.05, 0.1) is 12.1 Å². The maximum atomic E-state index is 10.7. The number of aliphatic carboxylic acids is 1. The second-order valence-corrected chi connectivity index (χ2v) is 6.54. The Labute approximate surface area is 101 Å². The van der Waals surface area contributed by atoms with Gasteiger partial charge in [0, 0.05) is 5.54 Å². The molecule has 0 aliphatic heterocycles. The Morgan fingerprint density at radius 2 is 1.82 bits per heavy atom. The molecule has 2 atom stereocenters. The summed E-state index contributed by atoms with van der Waals surface area (Å²) in [5.74, 6) is 0.407. The Bertz CT molecular complexity index is 328. The minimum Gasteiger partial charge on any atom is -0.480 e. The summed E-state index contributed by atoms with van der Waals surface area (Å²) < 4.78 is 0. The lowest BCUT2D eigenvalue weighted by Gasteiger charge is -2.47. The van der Waals surface area contributed by atoms with Gasteiger partial charge in [-0.15, -0.1) is 0 Å². The lowest BCUT2D eigenvalue weighted by molar-refractivity contribution is -0.136. The fourth-order valence-electron chi connectivity index (χ4n) is 4.67. The summed E-state index contributed by atoms with van der Waals surface area (Å²) in [6.07, 6.45) is 6.98. The second-order valence-electron chi connectivity index (χ2n) is 6.54. The quantitative estimate of drug-likeness (QED) is 0.690. The maximum absolute atomic E-state index is 10.7. The first-order chi connectivity index (χ1) is 7.99. The van der Waals surface area contributed by atoms with Crippen LogP contribution in [0, 0.1) is 11.8 Å². The lowest BCUT2D eigenvalue weighted by Crippen LogP contribution is -2.52. The van der Waals surface area contributed by atoms with E-state index in [1.165, 1.54) is 6.42 Å². The van der Waals surface area contributed by atoms with Crippen molar-refractivity contribution < 1.29 is 15.0 Å². The van der Waals surface area contributed by atoms with E-state index in [1.807, 2.05) is 0 Å². The molecule has 0 aromatic rings. The normalized spacial score (nSPS) is 48.1. The van der Waals surface area contributed by atoms with Crippen LogP contribution in [-0.4, -0.2) is 33.9 Å². The van der Waals surface area contributed by atoms with Crippen LogP contribution in [0.1, 0.15) is 44.9 Å². The molecule has 0 radical (unpaired) electrons.